The molecule has 0 radical (unpaired) electrons. The lowest BCUT2D eigenvalue weighted by Gasteiger charge is -2.37. The van der Waals surface area contributed by atoms with Crippen molar-refractivity contribution in [2.75, 3.05) is 72.9 Å². The van der Waals surface area contributed by atoms with Crippen LogP contribution in [0.15, 0.2) is 15.0 Å². The second kappa shape index (κ2) is 59.2. The van der Waals surface area contributed by atoms with E-state index in [1.54, 1.807) is 4.90 Å². The largest absolute Gasteiger partial charge is 0.454 e. The number of urea groups is 4. The highest BCUT2D eigenvalue weighted by Gasteiger charge is 2.49. The summed E-state index contributed by atoms with van der Waals surface area (Å²) < 4.78 is 76.4. The number of aliphatic hydroxyl groups is 2. The highest BCUT2D eigenvalue weighted by Crippen LogP contribution is 2.35. The normalized spacial score (nSPS) is 23.8. The zero-order chi connectivity index (χ0) is 98.0. The molecule has 47 heteroatoms. The fourth-order valence-corrected chi connectivity index (χ4v) is 19.3. The molecule has 0 aromatic carbocycles. The van der Waals surface area contributed by atoms with Gasteiger partial charge in [-0.15, -0.1) is 0 Å². The van der Waals surface area contributed by atoms with Crippen molar-refractivity contribution in [3.63, 3.8) is 0 Å². The Kier molecular flexibility index (Phi) is 54.3. The van der Waals surface area contributed by atoms with E-state index in [0.717, 1.165) is 56.3 Å². The average Bonchev–Trinajstić information content (AvgIpc) is 1.67. The summed E-state index contributed by atoms with van der Waals surface area (Å²) in [5.74, 6) is 0.0147. The number of hydrogen-bond donors (Lipinski definition) is 10. The van der Waals surface area contributed by atoms with Crippen LogP contribution in [0.25, 0.3) is 0 Å². The zero-order valence-electron chi connectivity index (χ0n) is 82.9. The first-order valence-corrected chi connectivity index (χ1v) is 72.1. The fraction of sp³-hybridized carbons (Fsp3) is 0.867. The standard InChI is InChI=1S/2C24H48N4O6Si2.C14H30N4O4Si2.C10H19ClO2.C8H14N4O4.C3H9ClSi/c1-8-9-10-11-12-13-14-15-31-24(30)28-18-27(23(29)26-22(28)25)21-16-19(34-36(5,6)7)20(33-21)17-32-35(2,3)4;1-8-9-10-11-12-13-14-15-31-24(30)27-22-25-18-28(23(29)26-22)21-16-19(34-36(5,6)7)20(33-21)17-32-35(2,3)4;1-23(2,3)20-8-11-10(22-24(4,5)6)7-12(21-11)18-9-16-13(15)17-14(18)19;1-2-3-4-5-6-7-8-9-13-10(11)12;9-7-10-3-12(8(15)11-7)6-1-4(14)5(2-13)16-6;1-5(2,3)4/h19-21H,8-18H2,1-7H3,(H2,25,26,29);19-21H,8-18H2,1-7H3,(H2,25,26,27,29,30);10-12H,7-9H2,1-6H3,(H3,15,16,17,19);2-9H2,1H3;4-6,13-14H,1-3H2,(H3,9,10,11,15);1-3H3. The van der Waals surface area contributed by atoms with Crippen molar-refractivity contribution in [1.29, 1.82) is 5.41 Å². The van der Waals surface area contributed by atoms with Crippen LogP contribution in [0, 0.1) is 5.41 Å². The van der Waals surface area contributed by atoms with E-state index in [4.69, 9.17) is 99.6 Å². The monoisotopic (exact) mass is 2010 g/mol. The smallest absolute Gasteiger partial charge is 0.418 e. The quantitative estimate of drug-likeness (QED) is 0.00890. The second-order valence-electron chi connectivity index (χ2n) is 40.2. The minimum atomic E-state index is -1.87. The summed E-state index contributed by atoms with van der Waals surface area (Å²) in [5, 5.41) is 39.0. The van der Waals surface area contributed by atoms with Crippen LogP contribution in [0.2, 0.25) is 137 Å². The van der Waals surface area contributed by atoms with Crippen molar-refractivity contribution in [2.24, 2.45) is 26.4 Å². The predicted molar refractivity (Wildman–Crippen MR) is 526 cm³/mol. The highest BCUT2D eigenvalue weighted by molar-refractivity contribution is 7.18. The molecule has 38 nitrogen and oxygen atoms in total. The van der Waals surface area contributed by atoms with Gasteiger partial charge in [0, 0.05) is 37.3 Å². The summed E-state index contributed by atoms with van der Waals surface area (Å²) >= 11 is 10.7. The molecule has 0 spiro atoms. The van der Waals surface area contributed by atoms with Crippen molar-refractivity contribution in [2.45, 2.75) is 393 Å². The maximum absolute atomic E-state index is 12.8. The molecule has 5 fully saturated rings. The Hall–Kier alpha value is -5.01. The zero-order valence-corrected chi connectivity index (χ0v) is 91.4. The molecule has 8 heterocycles. The van der Waals surface area contributed by atoms with Gasteiger partial charge in [0.25, 0.3) is 0 Å². The summed E-state index contributed by atoms with van der Waals surface area (Å²) in [6, 6.07) is -1.55. The third kappa shape index (κ3) is 52.3. The lowest BCUT2D eigenvalue weighted by Crippen LogP contribution is -2.63. The van der Waals surface area contributed by atoms with Crippen molar-refractivity contribution in [3.05, 3.63) is 0 Å². The topological polar surface area (TPSA) is 469 Å². The van der Waals surface area contributed by atoms with Gasteiger partial charge in [-0.3, -0.25) is 51.6 Å². The van der Waals surface area contributed by atoms with Crippen LogP contribution in [0.4, 0.5) is 33.6 Å². The van der Waals surface area contributed by atoms with Gasteiger partial charge < -0.3 is 81.4 Å². The van der Waals surface area contributed by atoms with E-state index in [1.807, 2.05) is 0 Å². The molecule has 8 rings (SSSR count). The number of carbonyl (C=O) groups excluding carboxylic acids is 7. The maximum atomic E-state index is 12.8. The Morgan fingerprint density at radius 1 is 0.446 bits per heavy atom. The summed E-state index contributed by atoms with van der Waals surface area (Å²) in [7, 11) is -11.7. The number of ether oxygens (including phenoxy) is 7. The van der Waals surface area contributed by atoms with Gasteiger partial charge in [-0.25, -0.2) is 53.4 Å². The second-order valence-corrected chi connectivity index (χ2v) is 75.0. The summed E-state index contributed by atoms with van der Waals surface area (Å²) in [6.45, 7) is 53.7. The summed E-state index contributed by atoms with van der Waals surface area (Å²) in [6.07, 6.45) is 20.5. The maximum Gasteiger partial charge on any atom is 0.418 e. The van der Waals surface area contributed by atoms with Crippen LogP contribution in [0.5, 0.6) is 0 Å². The molecule has 0 aliphatic carbocycles. The molecule has 0 aromatic heterocycles. The van der Waals surface area contributed by atoms with E-state index in [0.29, 0.717) is 58.9 Å². The highest BCUT2D eigenvalue weighted by atomic mass is 35.6. The molecule has 12 N–H and O–H groups in total. The minimum Gasteiger partial charge on any atom is -0.454 e. The van der Waals surface area contributed by atoms with Crippen molar-refractivity contribution < 1.29 is 103 Å². The Morgan fingerprint density at radius 2 is 0.754 bits per heavy atom. The van der Waals surface area contributed by atoms with Gasteiger partial charge in [0.2, 0.25) is 11.9 Å². The number of rotatable bonds is 44. The number of aliphatic imine (C=N–C) groups is 3. The number of amides is 10. The summed E-state index contributed by atoms with van der Waals surface area (Å²) in [5.41, 5.74) is 10.2. The molecule has 754 valence electrons. The summed E-state index contributed by atoms with van der Waals surface area (Å²) in [4.78, 5) is 103. The molecular weight excluding hydrogens is 1840 g/mol. The first kappa shape index (κ1) is 119. The third-order valence-electron chi connectivity index (χ3n) is 19.9. The van der Waals surface area contributed by atoms with Crippen molar-refractivity contribution >= 4 is 146 Å². The number of alkyl carbamates (subject to hydrolysis) is 1. The van der Waals surface area contributed by atoms with Crippen LogP contribution in [-0.4, -0.2) is 304 Å². The number of unbranched alkanes of at least 4 members (excludes halogenated alkanes) is 18. The van der Waals surface area contributed by atoms with Gasteiger partial charge in [-0.2, -0.15) is 11.1 Å². The van der Waals surface area contributed by atoms with Gasteiger partial charge in [0.1, 0.15) is 83.4 Å². The Balaban J connectivity index is 0.000000431. The number of halogens is 2. The van der Waals surface area contributed by atoms with E-state index in [9.17, 15) is 38.7 Å². The number of carbonyl (C=O) groups is 7. The number of nitrogens with zero attached hydrogens (tertiary/aromatic N) is 8. The van der Waals surface area contributed by atoms with E-state index in [1.165, 1.54) is 98.2 Å². The van der Waals surface area contributed by atoms with E-state index in [-0.39, 0.29) is 118 Å². The molecule has 130 heavy (non-hydrogen) atoms. The number of guanidine groups is 4. The first-order chi connectivity index (χ1) is 60.5. The lowest BCUT2D eigenvalue weighted by molar-refractivity contribution is -0.0684. The van der Waals surface area contributed by atoms with Gasteiger partial charge in [-0.05, 0) is 137 Å². The molecule has 12 atom stereocenters. The van der Waals surface area contributed by atoms with E-state index < -0.39 is 118 Å². The number of hydrogen-bond acceptors (Lipinski definition) is 28. The van der Waals surface area contributed by atoms with E-state index in [2.05, 4.69) is 205 Å². The van der Waals surface area contributed by atoms with Crippen LogP contribution in [-0.2, 0) is 59.7 Å². The van der Waals surface area contributed by atoms with Crippen molar-refractivity contribution in [1.82, 2.24) is 51.1 Å². The molecule has 10 amide bonds. The first-order valence-electron chi connectivity index (χ1n) is 46.8. The SMILES string of the molecule is CCCCCCCCCOC(=O)Cl.CCCCCCCCCOC(=O)N1CN(C2CC(O[Si](C)(C)C)C(CO[Si](C)(C)C)O2)C(=O)NC1=N.CCCCCCCCCOC(=O)NC1=NCN(C2CC(O[Si](C)(C)C)C(CO[Si](C)(C)C)O2)C(=O)N1.C[Si](C)(C)Cl.C[Si](C)(C)OCC1OC(N2CN=C(N)NC2=O)CC1O[Si](C)(C)C.NC1=NCN(C2CC(O)C(CO)O2)C(=O)N1. The van der Waals surface area contributed by atoms with Gasteiger partial charge in [0.05, 0.1) is 70.7 Å². The van der Waals surface area contributed by atoms with Gasteiger partial charge >= 0.3 is 41.7 Å². The molecule has 5 saturated heterocycles. The number of aliphatic hydroxyl groups excluding tert-OH is 2. The third-order valence-corrected chi connectivity index (χ3v) is 26.2. The van der Waals surface area contributed by atoms with Crippen LogP contribution in [0.1, 0.15) is 181 Å². The molecule has 0 saturated carbocycles. The lowest BCUT2D eigenvalue weighted by atomic mass is 10.1. The van der Waals surface area contributed by atoms with Gasteiger partial charge in [0.15, 0.2) is 61.8 Å². The fourth-order valence-electron chi connectivity index (χ4n) is 13.7. The number of nitrogens with two attached hydrogens (primary N) is 2. The molecule has 0 bridgehead atoms. The Labute approximate surface area is 792 Å². The minimum absolute atomic E-state index is 0.0681. The molecule has 0 aromatic rings. The van der Waals surface area contributed by atoms with Crippen molar-refractivity contribution in [3.8, 4) is 0 Å². The predicted octanol–water partition coefficient (Wildman–Crippen LogP) is 15.7. The molecular formula is C83H168Cl2N16O22Si7. The molecule has 12 unspecified atom stereocenters. The van der Waals surface area contributed by atoms with Crippen LogP contribution >= 0.6 is 22.7 Å². The molecule has 8 aliphatic heterocycles. The Bertz CT molecular complexity index is 3480. The average molecular weight is 2010 g/mol. The van der Waals surface area contributed by atoms with Crippen LogP contribution < -0.4 is 38.1 Å². The van der Waals surface area contributed by atoms with Gasteiger partial charge in [-0.1, -0.05) is 156 Å². The number of nitrogens with one attached hydrogen (secondary N) is 6. The van der Waals surface area contributed by atoms with E-state index >= 15 is 0 Å². The Morgan fingerprint density at radius 3 is 1.08 bits per heavy atom. The molecule has 8 aliphatic rings. The van der Waals surface area contributed by atoms with Crippen LogP contribution in [0.3, 0.4) is 0 Å².